The maximum Gasteiger partial charge on any atom is 0.311 e. The fourth-order valence-electron chi connectivity index (χ4n) is 2.10. The van der Waals surface area contributed by atoms with E-state index in [1.807, 2.05) is 0 Å². The predicted molar refractivity (Wildman–Crippen MR) is 58.8 cm³/mol. The van der Waals surface area contributed by atoms with Crippen molar-refractivity contribution >= 4 is 5.97 Å². The number of aliphatic hydroxyl groups is 4. The molecule has 8 nitrogen and oxygen atoms in total. The minimum Gasteiger partial charge on any atom is -0.463 e. The van der Waals surface area contributed by atoms with Gasteiger partial charge in [-0.2, -0.15) is 0 Å². The van der Waals surface area contributed by atoms with Gasteiger partial charge in [-0.25, -0.2) is 0 Å². The summed E-state index contributed by atoms with van der Waals surface area (Å²) in [4.78, 5) is 11.2. The summed E-state index contributed by atoms with van der Waals surface area (Å²) >= 11 is 0. The molecule has 4 N–H and O–H groups in total. The summed E-state index contributed by atoms with van der Waals surface area (Å²) in [6, 6.07) is 0. The molecule has 2 saturated heterocycles. The van der Waals surface area contributed by atoms with E-state index < -0.39 is 55.3 Å². The number of carbonyl (C=O) groups is 1. The molecule has 2 fully saturated rings. The van der Waals surface area contributed by atoms with Crippen LogP contribution in [0.3, 0.4) is 0 Å². The van der Waals surface area contributed by atoms with Crippen molar-refractivity contribution < 1.29 is 39.4 Å². The first-order valence-corrected chi connectivity index (χ1v) is 6.08. The molecule has 0 aliphatic carbocycles. The molecule has 0 bridgehead atoms. The minimum absolute atomic E-state index is 0.0367. The maximum atomic E-state index is 11.2. The second kappa shape index (κ2) is 5.70. The van der Waals surface area contributed by atoms with Crippen LogP contribution in [0.2, 0.25) is 0 Å². The minimum atomic E-state index is -1.50. The molecule has 0 aromatic heterocycles. The van der Waals surface area contributed by atoms with Crippen LogP contribution >= 0.6 is 0 Å². The number of carbonyl (C=O) groups excluding carboxylic acids is 1. The van der Waals surface area contributed by atoms with Crippen LogP contribution in [-0.4, -0.2) is 76.4 Å². The molecule has 7 atom stereocenters. The summed E-state index contributed by atoms with van der Waals surface area (Å²) in [6.07, 6.45) is -7.27. The number of cyclic esters (lactones) is 1. The lowest BCUT2D eigenvalue weighted by molar-refractivity contribution is -0.312. The number of rotatable bonds is 3. The number of hydrogen-bond donors (Lipinski definition) is 4. The lowest BCUT2D eigenvalue weighted by Crippen LogP contribution is -2.59. The van der Waals surface area contributed by atoms with E-state index >= 15 is 0 Å². The topological polar surface area (TPSA) is 126 Å². The summed E-state index contributed by atoms with van der Waals surface area (Å²) in [5.74, 6) is -0.915. The van der Waals surface area contributed by atoms with Crippen LogP contribution in [0.25, 0.3) is 0 Å². The first kappa shape index (κ1) is 14.6. The van der Waals surface area contributed by atoms with E-state index in [0.29, 0.717) is 0 Å². The standard InChI is InChI=1S/C11H18O8/c1-4-6(3-17-10(4)16)19-11-9(15)8(14)7(13)5(2-12)18-11/h4-9,11-15H,2-3H2,1H3/t4?,5-,6+,7-,8+,9-,11?/m1/s1. The van der Waals surface area contributed by atoms with E-state index in [1.54, 1.807) is 6.92 Å². The van der Waals surface area contributed by atoms with Gasteiger partial charge < -0.3 is 34.6 Å². The highest BCUT2D eigenvalue weighted by molar-refractivity contribution is 5.74. The summed E-state index contributed by atoms with van der Waals surface area (Å²) in [5, 5.41) is 38.0. The van der Waals surface area contributed by atoms with E-state index in [4.69, 9.17) is 19.3 Å². The summed E-state index contributed by atoms with van der Waals surface area (Å²) < 4.78 is 15.4. The quantitative estimate of drug-likeness (QED) is 0.413. The van der Waals surface area contributed by atoms with Crippen LogP contribution in [-0.2, 0) is 19.0 Å². The van der Waals surface area contributed by atoms with Gasteiger partial charge in [-0.15, -0.1) is 0 Å². The van der Waals surface area contributed by atoms with E-state index in [2.05, 4.69) is 0 Å². The highest BCUT2D eigenvalue weighted by atomic mass is 16.7. The van der Waals surface area contributed by atoms with E-state index in [-0.39, 0.29) is 6.61 Å². The molecule has 19 heavy (non-hydrogen) atoms. The molecule has 2 rings (SSSR count). The molecule has 0 saturated carbocycles. The van der Waals surface area contributed by atoms with Gasteiger partial charge in [-0.05, 0) is 6.92 Å². The highest BCUT2D eigenvalue weighted by Gasteiger charge is 2.46. The third kappa shape index (κ3) is 2.73. The Morgan fingerprint density at radius 2 is 1.95 bits per heavy atom. The number of aliphatic hydroxyl groups excluding tert-OH is 4. The zero-order valence-electron chi connectivity index (χ0n) is 10.4. The molecule has 110 valence electrons. The smallest absolute Gasteiger partial charge is 0.311 e. The molecule has 2 unspecified atom stereocenters. The number of hydrogen-bond acceptors (Lipinski definition) is 8. The van der Waals surface area contributed by atoms with Crippen LogP contribution in [0.4, 0.5) is 0 Å². The summed E-state index contributed by atoms with van der Waals surface area (Å²) in [5.41, 5.74) is 0. The van der Waals surface area contributed by atoms with Gasteiger partial charge >= 0.3 is 5.97 Å². The Kier molecular flexibility index (Phi) is 4.39. The Balaban J connectivity index is 2.01. The molecular weight excluding hydrogens is 260 g/mol. The Bertz CT molecular complexity index is 333. The van der Waals surface area contributed by atoms with Crippen molar-refractivity contribution in [2.45, 2.75) is 43.7 Å². The molecule has 2 aliphatic rings. The molecule has 2 aliphatic heterocycles. The van der Waals surface area contributed by atoms with Gasteiger partial charge in [0.05, 0.1) is 12.5 Å². The van der Waals surface area contributed by atoms with Crippen molar-refractivity contribution in [1.82, 2.24) is 0 Å². The van der Waals surface area contributed by atoms with Crippen LogP contribution < -0.4 is 0 Å². The Labute approximate surface area is 109 Å². The molecule has 0 spiro atoms. The van der Waals surface area contributed by atoms with Crippen LogP contribution in [0.1, 0.15) is 6.92 Å². The van der Waals surface area contributed by atoms with E-state index in [0.717, 1.165) is 0 Å². The number of esters is 1. The first-order chi connectivity index (χ1) is 8.95. The zero-order chi connectivity index (χ0) is 14.2. The van der Waals surface area contributed by atoms with Crippen molar-refractivity contribution in [2.75, 3.05) is 13.2 Å². The third-order valence-corrected chi connectivity index (χ3v) is 3.48. The molecule has 0 amide bonds. The van der Waals surface area contributed by atoms with Crippen molar-refractivity contribution in [1.29, 1.82) is 0 Å². The number of ether oxygens (including phenoxy) is 3. The van der Waals surface area contributed by atoms with Crippen molar-refractivity contribution in [3.63, 3.8) is 0 Å². The largest absolute Gasteiger partial charge is 0.463 e. The van der Waals surface area contributed by atoms with Crippen molar-refractivity contribution in [2.24, 2.45) is 5.92 Å². The van der Waals surface area contributed by atoms with E-state index in [1.165, 1.54) is 0 Å². The van der Waals surface area contributed by atoms with Crippen LogP contribution in [0, 0.1) is 5.92 Å². The SMILES string of the molecule is CC1C(=O)OC[C@@H]1OC1O[C@H](CO)[C@@H](O)[C@H](O)[C@H]1O. The predicted octanol–water partition coefficient (Wildman–Crippen LogP) is -2.64. The maximum absolute atomic E-state index is 11.2. The van der Waals surface area contributed by atoms with Crippen molar-refractivity contribution in [3.05, 3.63) is 0 Å². The van der Waals surface area contributed by atoms with Gasteiger partial charge in [0.1, 0.15) is 37.1 Å². The molecule has 0 aromatic carbocycles. The van der Waals surface area contributed by atoms with Crippen LogP contribution in [0.5, 0.6) is 0 Å². The van der Waals surface area contributed by atoms with Gasteiger partial charge in [0.15, 0.2) is 6.29 Å². The lowest BCUT2D eigenvalue weighted by atomic mass is 9.99. The normalized spacial score (nSPS) is 47.2. The van der Waals surface area contributed by atoms with Gasteiger partial charge in [0.2, 0.25) is 0 Å². The fourth-order valence-corrected chi connectivity index (χ4v) is 2.10. The third-order valence-electron chi connectivity index (χ3n) is 3.48. The van der Waals surface area contributed by atoms with Gasteiger partial charge in [0.25, 0.3) is 0 Å². The zero-order valence-corrected chi connectivity index (χ0v) is 10.4. The highest BCUT2D eigenvalue weighted by Crippen LogP contribution is 2.26. The Hall–Kier alpha value is -0.770. The second-order valence-corrected chi connectivity index (χ2v) is 4.79. The molecule has 0 radical (unpaired) electrons. The van der Waals surface area contributed by atoms with Crippen molar-refractivity contribution in [3.8, 4) is 0 Å². The fraction of sp³-hybridized carbons (Fsp3) is 0.909. The Morgan fingerprint density at radius 3 is 2.47 bits per heavy atom. The van der Waals surface area contributed by atoms with E-state index in [9.17, 15) is 20.1 Å². The first-order valence-electron chi connectivity index (χ1n) is 6.08. The average Bonchev–Trinajstić information content (AvgIpc) is 2.71. The molecular formula is C11H18O8. The molecule has 8 heteroatoms. The second-order valence-electron chi connectivity index (χ2n) is 4.79. The monoisotopic (exact) mass is 278 g/mol. The van der Waals surface area contributed by atoms with Gasteiger partial charge in [-0.3, -0.25) is 4.79 Å². The van der Waals surface area contributed by atoms with Gasteiger partial charge in [-0.1, -0.05) is 0 Å². The van der Waals surface area contributed by atoms with Crippen LogP contribution in [0.15, 0.2) is 0 Å². The van der Waals surface area contributed by atoms with Gasteiger partial charge in [0, 0.05) is 0 Å². The molecule has 0 aromatic rings. The lowest BCUT2D eigenvalue weighted by Gasteiger charge is -2.40. The molecule has 2 heterocycles. The Morgan fingerprint density at radius 1 is 1.26 bits per heavy atom. The summed E-state index contributed by atoms with van der Waals surface area (Å²) in [6.45, 7) is 1.12. The summed E-state index contributed by atoms with van der Waals surface area (Å²) in [7, 11) is 0. The average molecular weight is 278 g/mol.